The Bertz CT molecular complexity index is 338. The van der Waals surface area contributed by atoms with Gasteiger partial charge < -0.3 is 30.0 Å². The first-order valence-electron chi connectivity index (χ1n) is 8.70. The Balaban J connectivity index is 1.52. The van der Waals surface area contributed by atoms with E-state index in [0.29, 0.717) is 19.8 Å². The quantitative estimate of drug-likeness (QED) is 0.585. The van der Waals surface area contributed by atoms with Gasteiger partial charge in [-0.25, -0.2) is 0 Å². The van der Waals surface area contributed by atoms with E-state index in [1.54, 1.807) is 7.11 Å². The summed E-state index contributed by atoms with van der Waals surface area (Å²) in [6.45, 7) is 2.82. The molecule has 0 amide bonds. The Morgan fingerprint density at radius 3 is 2.73 bits per heavy atom. The first kappa shape index (κ1) is 16.6. The van der Waals surface area contributed by atoms with Crippen LogP contribution in [0.15, 0.2) is 0 Å². The SMILES string of the molecule is COCCN[C@H]1[C@@H]2OC[C@@H](O2)[C@@H](NCC2CCCCC2)[C@@H]1O. The van der Waals surface area contributed by atoms with E-state index in [1.807, 2.05) is 0 Å². The number of ether oxygens (including phenoxy) is 3. The third kappa shape index (κ3) is 3.80. The second-order valence-corrected chi connectivity index (χ2v) is 6.78. The van der Waals surface area contributed by atoms with Crippen LogP contribution in [-0.4, -0.2) is 69.1 Å². The molecule has 1 aliphatic carbocycles. The summed E-state index contributed by atoms with van der Waals surface area (Å²) in [5.74, 6) is 0.737. The van der Waals surface area contributed by atoms with E-state index < -0.39 is 6.10 Å². The average molecular weight is 314 g/mol. The molecule has 3 rings (SSSR count). The van der Waals surface area contributed by atoms with Crippen LogP contribution in [0.1, 0.15) is 32.1 Å². The average Bonchev–Trinajstić information content (AvgIpc) is 2.97. The van der Waals surface area contributed by atoms with Crippen LogP contribution in [0, 0.1) is 5.92 Å². The van der Waals surface area contributed by atoms with Gasteiger partial charge in [-0.05, 0) is 25.3 Å². The zero-order valence-electron chi connectivity index (χ0n) is 13.5. The van der Waals surface area contributed by atoms with Crippen LogP contribution in [0.3, 0.4) is 0 Å². The van der Waals surface area contributed by atoms with Gasteiger partial charge in [0.15, 0.2) is 6.29 Å². The summed E-state index contributed by atoms with van der Waals surface area (Å²) in [6.07, 6.45) is 5.78. The van der Waals surface area contributed by atoms with Crippen molar-refractivity contribution in [3.05, 3.63) is 0 Å². The van der Waals surface area contributed by atoms with E-state index in [2.05, 4.69) is 10.6 Å². The molecule has 3 fully saturated rings. The largest absolute Gasteiger partial charge is 0.390 e. The maximum absolute atomic E-state index is 10.7. The summed E-state index contributed by atoms with van der Waals surface area (Å²) in [7, 11) is 1.67. The minimum absolute atomic E-state index is 0.0379. The molecule has 22 heavy (non-hydrogen) atoms. The van der Waals surface area contributed by atoms with Gasteiger partial charge in [0.05, 0.1) is 31.4 Å². The van der Waals surface area contributed by atoms with Gasteiger partial charge in [-0.3, -0.25) is 0 Å². The number of hydrogen-bond acceptors (Lipinski definition) is 6. The van der Waals surface area contributed by atoms with E-state index >= 15 is 0 Å². The van der Waals surface area contributed by atoms with Crippen LogP contribution >= 0.6 is 0 Å². The smallest absolute Gasteiger partial charge is 0.176 e. The van der Waals surface area contributed by atoms with E-state index in [9.17, 15) is 5.11 Å². The summed E-state index contributed by atoms with van der Waals surface area (Å²) in [4.78, 5) is 0. The van der Waals surface area contributed by atoms with Crippen molar-refractivity contribution >= 4 is 0 Å². The van der Waals surface area contributed by atoms with Crippen molar-refractivity contribution in [1.82, 2.24) is 10.6 Å². The lowest BCUT2D eigenvalue weighted by Gasteiger charge is -2.40. The predicted molar refractivity (Wildman–Crippen MR) is 82.7 cm³/mol. The molecular formula is C16H30N2O4. The minimum atomic E-state index is -0.494. The summed E-state index contributed by atoms with van der Waals surface area (Å²) in [5, 5.41) is 17.6. The highest BCUT2D eigenvalue weighted by Gasteiger charge is 2.49. The predicted octanol–water partition coefficient (Wildman–Crippen LogP) is 0.246. The summed E-state index contributed by atoms with van der Waals surface area (Å²) in [6, 6.07) is -0.251. The van der Waals surface area contributed by atoms with Crippen molar-refractivity contribution in [3.8, 4) is 0 Å². The number of aliphatic hydroxyl groups is 1. The number of methoxy groups -OCH3 is 1. The third-order valence-corrected chi connectivity index (χ3v) is 5.22. The van der Waals surface area contributed by atoms with Crippen molar-refractivity contribution in [3.63, 3.8) is 0 Å². The molecule has 0 aromatic rings. The first-order valence-corrected chi connectivity index (χ1v) is 8.70. The number of rotatable bonds is 7. The van der Waals surface area contributed by atoms with Crippen LogP contribution in [0.4, 0.5) is 0 Å². The first-order chi connectivity index (χ1) is 10.8. The number of hydrogen-bond donors (Lipinski definition) is 3. The molecule has 0 aromatic heterocycles. The highest BCUT2D eigenvalue weighted by Crippen LogP contribution is 2.29. The van der Waals surface area contributed by atoms with Crippen LogP contribution in [0.5, 0.6) is 0 Å². The molecule has 6 nitrogen and oxygen atoms in total. The number of nitrogens with one attached hydrogen (secondary N) is 2. The van der Waals surface area contributed by atoms with Gasteiger partial charge >= 0.3 is 0 Å². The van der Waals surface area contributed by atoms with Gasteiger partial charge in [-0.15, -0.1) is 0 Å². The lowest BCUT2D eigenvalue weighted by atomic mass is 9.88. The molecule has 3 N–H and O–H groups in total. The van der Waals surface area contributed by atoms with Crippen molar-refractivity contribution < 1.29 is 19.3 Å². The van der Waals surface area contributed by atoms with Crippen LogP contribution < -0.4 is 10.6 Å². The normalized spacial score (nSPS) is 39.3. The number of aliphatic hydroxyl groups excluding tert-OH is 1. The molecule has 2 saturated heterocycles. The van der Waals surface area contributed by atoms with E-state index in [1.165, 1.54) is 32.1 Å². The Kier molecular flexibility index (Phi) is 6.07. The highest BCUT2D eigenvalue weighted by molar-refractivity contribution is 5.00. The van der Waals surface area contributed by atoms with E-state index in [-0.39, 0.29) is 24.5 Å². The molecule has 2 bridgehead atoms. The molecule has 0 spiro atoms. The maximum Gasteiger partial charge on any atom is 0.176 e. The topological polar surface area (TPSA) is 72.0 Å². The minimum Gasteiger partial charge on any atom is -0.390 e. The Labute approximate surface area is 132 Å². The van der Waals surface area contributed by atoms with Crippen molar-refractivity contribution in [2.75, 3.05) is 33.4 Å². The molecule has 6 heteroatoms. The Hall–Kier alpha value is -0.240. The highest BCUT2D eigenvalue weighted by atomic mass is 16.7. The fourth-order valence-corrected chi connectivity index (χ4v) is 3.91. The van der Waals surface area contributed by atoms with Crippen molar-refractivity contribution in [1.29, 1.82) is 0 Å². The molecule has 5 atom stereocenters. The van der Waals surface area contributed by atoms with Gasteiger partial charge in [0.2, 0.25) is 0 Å². The molecular weight excluding hydrogens is 284 g/mol. The Morgan fingerprint density at radius 2 is 1.95 bits per heavy atom. The number of fused-ring (bicyclic) bond motifs is 2. The molecule has 1 saturated carbocycles. The van der Waals surface area contributed by atoms with Gasteiger partial charge in [-0.2, -0.15) is 0 Å². The van der Waals surface area contributed by atoms with Gasteiger partial charge in [0.25, 0.3) is 0 Å². The van der Waals surface area contributed by atoms with Gasteiger partial charge in [0.1, 0.15) is 6.10 Å². The Morgan fingerprint density at radius 1 is 1.14 bits per heavy atom. The molecule has 3 aliphatic rings. The third-order valence-electron chi connectivity index (χ3n) is 5.22. The second kappa shape index (κ2) is 8.04. The molecule has 0 aromatic carbocycles. The summed E-state index contributed by atoms with van der Waals surface area (Å²) in [5.41, 5.74) is 0. The van der Waals surface area contributed by atoms with Crippen molar-refractivity contribution in [2.45, 2.75) is 62.7 Å². The zero-order valence-corrected chi connectivity index (χ0v) is 13.5. The molecule has 0 unspecified atom stereocenters. The standard InChI is InChI=1S/C16H30N2O4/c1-20-8-7-17-14-15(19)13(12-10-21-16(14)22-12)18-9-11-5-3-2-4-6-11/h11-19H,2-10H2,1H3/t12-,13-,14-,15+,16-/m1/s1. The second-order valence-electron chi connectivity index (χ2n) is 6.78. The van der Waals surface area contributed by atoms with Gasteiger partial charge in [-0.1, -0.05) is 19.3 Å². The monoisotopic (exact) mass is 314 g/mol. The lowest BCUT2D eigenvalue weighted by Crippen LogP contribution is -2.64. The lowest BCUT2D eigenvalue weighted by molar-refractivity contribution is -0.153. The van der Waals surface area contributed by atoms with Crippen LogP contribution in [0.2, 0.25) is 0 Å². The summed E-state index contributed by atoms with van der Waals surface area (Å²) >= 11 is 0. The van der Waals surface area contributed by atoms with Gasteiger partial charge in [0, 0.05) is 13.7 Å². The molecule has 0 radical (unpaired) electrons. The summed E-state index contributed by atoms with van der Waals surface area (Å²) < 4.78 is 16.7. The van der Waals surface area contributed by atoms with Crippen LogP contribution in [0.25, 0.3) is 0 Å². The molecule has 2 heterocycles. The maximum atomic E-state index is 10.7. The zero-order chi connectivity index (χ0) is 15.4. The van der Waals surface area contributed by atoms with Crippen LogP contribution in [-0.2, 0) is 14.2 Å². The van der Waals surface area contributed by atoms with E-state index in [4.69, 9.17) is 14.2 Å². The molecule has 128 valence electrons. The molecule has 2 aliphatic heterocycles. The fourth-order valence-electron chi connectivity index (χ4n) is 3.91. The fraction of sp³-hybridized carbons (Fsp3) is 1.00. The van der Waals surface area contributed by atoms with E-state index in [0.717, 1.165) is 12.5 Å². The van der Waals surface area contributed by atoms with Crippen molar-refractivity contribution in [2.24, 2.45) is 5.92 Å².